The van der Waals surface area contributed by atoms with E-state index in [1.165, 1.54) is 10.5 Å². The summed E-state index contributed by atoms with van der Waals surface area (Å²) in [6, 6.07) is 16.9. The highest BCUT2D eigenvalue weighted by molar-refractivity contribution is 7.98. The molecule has 0 radical (unpaired) electrons. The van der Waals surface area contributed by atoms with Gasteiger partial charge in [0.25, 0.3) is 0 Å². The summed E-state index contributed by atoms with van der Waals surface area (Å²) < 4.78 is 0. The number of thioether (sulfide) groups is 1. The Balaban J connectivity index is 1.98. The van der Waals surface area contributed by atoms with Gasteiger partial charge in [-0.1, -0.05) is 54.9 Å². The lowest BCUT2D eigenvalue weighted by molar-refractivity contribution is 0.646. The van der Waals surface area contributed by atoms with Gasteiger partial charge in [-0.3, -0.25) is 0 Å². The molecule has 20 heavy (non-hydrogen) atoms. The van der Waals surface area contributed by atoms with E-state index in [4.69, 9.17) is 17.3 Å². The van der Waals surface area contributed by atoms with Gasteiger partial charge in [0.05, 0.1) is 0 Å². The lowest BCUT2D eigenvalue weighted by atomic mass is 10.1. The molecule has 0 saturated heterocycles. The van der Waals surface area contributed by atoms with Crippen molar-refractivity contribution in [3.63, 3.8) is 0 Å². The molecule has 1 atom stereocenters. The summed E-state index contributed by atoms with van der Waals surface area (Å²) in [6.45, 7) is 2.10. The van der Waals surface area contributed by atoms with Crippen LogP contribution < -0.4 is 5.73 Å². The number of rotatable bonds is 6. The second-order valence-electron chi connectivity index (χ2n) is 4.90. The molecule has 0 bridgehead atoms. The summed E-state index contributed by atoms with van der Waals surface area (Å²) in [7, 11) is 0. The smallest absolute Gasteiger partial charge is 0.0449 e. The fraction of sp³-hybridized carbons (Fsp3) is 0.294. The number of nitrogens with two attached hydrogens (primary N) is 1. The van der Waals surface area contributed by atoms with E-state index in [1.54, 1.807) is 11.8 Å². The maximum Gasteiger partial charge on any atom is 0.0449 e. The number of halogens is 1. The van der Waals surface area contributed by atoms with Gasteiger partial charge >= 0.3 is 0 Å². The van der Waals surface area contributed by atoms with Gasteiger partial charge in [-0.25, -0.2) is 0 Å². The molecule has 0 aliphatic carbocycles. The molecule has 0 aliphatic rings. The van der Waals surface area contributed by atoms with E-state index >= 15 is 0 Å². The topological polar surface area (TPSA) is 26.0 Å². The Kier molecular flexibility index (Phi) is 5.96. The van der Waals surface area contributed by atoms with Crippen molar-refractivity contribution in [3.05, 3.63) is 64.7 Å². The summed E-state index contributed by atoms with van der Waals surface area (Å²) >= 11 is 8.15. The van der Waals surface area contributed by atoms with Crippen LogP contribution in [0.4, 0.5) is 0 Å². The molecule has 2 N–H and O–H groups in total. The minimum absolute atomic E-state index is 0.190. The van der Waals surface area contributed by atoms with Crippen molar-refractivity contribution in [2.75, 3.05) is 0 Å². The van der Waals surface area contributed by atoms with Crippen molar-refractivity contribution in [2.45, 2.75) is 36.5 Å². The maximum absolute atomic E-state index is 6.34. The Hall–Kier alpha value is -0.960. The van der Waals surface area contributed by atoms with Crippen LogP contribution in [0.2, 0.25) is 5.02 Å². The fourth-order valence-corrected chi connectivity index (χ4v) is 3.16. The van der Waals surface area contributed by atoms with E-state index < -0.39 is 0 Å². The van der Waals surface area contributed by atoms with E-state index in [1.807, 2.05) is 12.1 Å². The molecule has 2 aromatic rings. The molecule has 1 nitrogen and oxygen atoms in total. The molecule has 106 valence electrons. The molecule has 0 amide bonds. The van der Waals surface area contributed by atoms with Crippen molar-refractivity contribution in [3.8, 4) is 0 Å². The first-order valence-corrected chi connectivity index (χ1v) is 8.26. The molecule has 0 saturated carbocycles. The molecule has 2 rings (SSSR count). The molecule has 0 heterocycles. The molecule has 1 unspecified atom stereocenters. The quantitative estimate of drug-likeness (QED) is 0.767. The SMILES string of the molecule is CCC(N)Cc1ccc(SCc2ccccc2)cc1Cl. The Labute approximate surface area is 130 Å². The van der Waals surface area contributed by atoms with Crippen LogP contribution in [0.5, 0.6) is 0 Å². The molecule has 3 heteroatoms. The average Bonchev–Trinajstić information content (AvgIpc) is 2.48. The van der Waals surface area contributed by atoms with Gasteiger partial charge < -0.3 is 5.73 Å². The Morgan fingerprint density at radius 3 is 2.55 bits per heavy atom. The Bertz CT molecular complexity index is 542. The van der Waals surface area contributed by atoms with Crippen LogP contribution in [-0.2, 0) is 12.2 Å². The summed E-state index contributed by atoms with van der Waals surface area (Å²) in [5, 5.41) is 0.826. The van der Waals surface area contributed by atoms with Crippen molar-refractivity contribution in [1.29, 1.82) is 0 Å². The van der Waals surface area contributed by atoms with Gasteiger partial charge in [0, 0.05) is 21.7 Å². The van der Waals surface area contributed by atoms with Gasteiger partial charge in [0.15, 0.2) is 0 Å². The van der Waals surface area contributed by atoms with Gasteiger partial charge in [0.2, 0.25) is 0 Å². The zero-order chi connectivity index (χ0) is 14.4. The van der Waals surface area contributed by atoms with Gasteiger partial charge in [-0.05, 0) is 36.1 Å². The monoisotopic (exact) mass is 305 g/mol. The van der Waals surface area contributed by atoms with E-state index in [2.05, 4.69) is 43.3 Å². The highest BCUT2D eigenvalue weighted by atomic mass is 35.5. The van der Waals surface area contributed by atoms with Crippen LogP contribution >= 0.6 is 23.4 Å². The van der Waals surface area contributed by atoms with Crippen LogP contribution in [0.25, 0.3) is 0 Å². The highest BCUT2D eigenvalue weighted by Gasteiger charge is 2.07. The van der Waals surface area contributed by atoms with E-state index in [9.17, 15) is 0 Å². The van der Waals surface area contributed by atoms with Crippen LogP contribution in [0.15, 0.2) is 53.4 Å². The average molecular weight is 306 g/mol. The van der Waals surface area contributed by atoms with E-state index in [0.717, 1.165) is 29.2 Å². The third-order valence-electron chi connectivity index (χ3n) is 3.28. The number of hydrogen-bond acceptors (Lipinski definition) is 2. The first-order valence-electron chi connectivity index (χ1n) is 6.89. The molecule has 0 aromatic heterocycles. The third-order valence-corrected chi connectivity index (χ3v) is 4.70. The minimum Gasteiger partial charge on any atom is -0.327 e. The third kappa shape index (κ3) is 4.55. The molecule has 0 spiro atoms. The number of hydrogen-bond donors (Lipinski definition) is 1. The molecular formula is C17H20ClNS. The Morgan fingerprint density at radius 2 is 1.90 bits per heavy atom. The molecule has 2 aromatic carbocycles. The first kappa shape index (κ1) is 15.4. The predicted molar refractivity (Wildman–Crippen MR) is 89.4 cm³/mol. The zero-order valence-electron chi connectivity index (χ0n) is 11.7. The molecule has 0 aliphatic heterocycles. The van der Waals surface area contributed by atoms with Crippen LogP contribution in [0.3, 0.4) is 0 Å². The largest absolute Gasteiger partial charge is 0.327 e. The first-order chi connectivity index (χ1) is 9.69. The normalized spacial score (nSPS) is 12.3. The van der Waals surface area contributed by atoms with Crippen molar-refractivity contribution >= 4 is 23.4 Å². The van der Waals surface area contributed by atoms with Gasteiger partial charge in [0.1, 0.15) is 0 Å². The summed E-state index contributed by atoms with van der Waals surface area (Å²) in [5.74, 6) is 0.963. The highest BCUT2D eigenvalue weighted by Crippen LogP contribution is 2.28. The van der Waals surface area contributed by atoms with Gasteiger partial charge in [-0.15, -0.1) is 11.8 Å². The minimum atomic E-state index is 0.190. The van der Waals surface area contributed by atoms with Crippen LogP contribution in [-0.4, -0.2) is 6.04 Å². The summed E-state index contributed by atoms with van der Waals surface area (Å²) in [5.41, 5.74) is 8.45. The predicted octanol–water partition coefficient (Wildman–Crippen LogP) is 4.91. The molecule has 0 fully saturated rings. The summed E-state index contributed by atoms with van der Waals surface area (Å²) in [6.07, 6.45) is 1.82. The summed E-state index contributed by atoms with van der Waals surface area (Å²) in [4.78, 5) is 1.20. The van der Waals surface area contributed by atoms with Crippen molar-refractivity contribution in [2.24, 2.45) is 5.73 Å². The second-order valence-corrected chi connectivity index (χ2v) is 6.36. The zero-order valence-corrected chi connectivity index (χ0v) is 13.3. The van der Waals surface area contributed by atoms with Crippen molar-refractivity contribution < 1.29 is 0 Å². The second kappa shape index (κ2) is 7.72. The molecular weight excluding hydrogens is 286 g/mol. The van der Waals surface area contributed by atoms with Gasteiger partial charge in [-0.2, -0.15) is 0 Å². The Morgan fingerprint density at radius 1 is 1.15 bits per heavy atom. The standard InChI is InChI=1S/C17H20ClNS/c1-2-15(19)10-14-8-9-16(11-17(14)18)20-12-13-6-4-3-5-7-13/h3-9,11,15H,2,10,12,19H2,1H3. The fourth-order valence-electron chi connectivity index (χ4n) is 1.95. The van der Waals surface area contributed by atoms with Crippen LogP contribution in [0.1, 0.15) is 24.5 Å². The number of benzene rings is 2. The van der Waals surface area contributed by atoms with E-state index in [0.29, 0.717) is 0 Å². The maximum atomic E-state index is 6.34. The van der Waals surface area contributed by atoms with E-state index in [-0.39, 0.29) is 6.04 Å². The van der Waals surface area contributed by atoms with Crippen LogP contribution in [0, 0.1) is 0 Å². The lowest BCUT2D eigenvalue weighted by Crippen LogP contribution is -2.21. The van der Waals surface area contributed by atoms with Crippen molar-refractivity contribution in [1.82, 2.24) is 0 Å². The lowest BCUT2D eigenvalue weighted by Gasteiger charge is -2.11.